The minimum absolute atomic E-state index is 0.0919. The molecule has 0 spiro atoms. The summed E-state index contributed by atoms with van der Waals surface area (Å²) in [5, 5.41) is 13.6. The lowest BCUT2D eigenvalue weighted by atomic mass is 10.1. The van der Waals surface area contributed by atoms with Crippen molar-refractivity contribution in [3.63, 3.8) is 0 Å². The van der Waals surface area contributed by atoms with Gasteiger partial charge in [-0.15, -0.1) is 0 Å². The number of carboxylic acid groups (broad SMARTS) is 1. The number of carbonyl (C=O) groups is 2. The van der Waals surface area contributed by atoms with Crippen LogP contribution in [0.15, 0.2) is 78.0 Å². The van der Waals surface area contributed by atoms with Crippen LogP contribution in [0.3, 0.4) is 0 Å². The molecule has 5 rings (SSSR count). The average molecular weight is 574 g/mol. The summed E-state index contributed by atoms with van der Waals surface area (Å²) in [6, 6.07) is 17.6. The molecular formula is C31H31N3O6S. The van der Waals surface area contributed by atoms with Crippen LogP contribution in [0.25, 0.3) is 11.1 Å². The Bertz CT molecular complexity index is 1730. The van der Waals surface area contributed by atoms with Crippen molar-refractivity contribution >= 4 is 27.4 Å². The standard InChI is InChI=1S/C31H31N3O6S/c1-21-7-3-12-28(22(21)2)40-15-6-13-29(35)34-14-16-41(38,39)30-26(10-5-11-27(30)34)25-18-32-33(20-25)19-23-8-4-9-24(17-23)31(36)37/h3-5,7-12,17-18,20H,6,13-16,19H2,1-2H3,(H,36,37). The van der Waals surface area contributed by atoms with Crippen molar-refractivity contribution in [2.24, 2.45) is 0 Å². The first-order valence-electron chi connectivity index (χ1n) is 13.3. The van der Waals surface area contributed by atoms with Crippen LogP contribution < -0.4 is 9.64 Å². The number of ether oxygens (including phenoxy) is 1. The Kier molecular flexibility index (Phi) is 7.94. The smallest absolute Gasteiger partial charge is 0.335 e. The molecule has 1 aliphatic rings. The predicted molar refractivity (Wildman–Crippen MR) is 155 cm³/mol. The first-order chi connectivity index (χ1) is 19.6. The van der Waals surface area contributed by atoms with Crippen LogP contribution in [0.5, 0.6) is 5.75 Å². The number of amides is 1. The largest absolute Gasteiger partial charge is 0.493 e. The Balaban J connectivity index is 1.33. The maximum Gasteiger partial charge on any atom is 0.335 e. The zero-order valence-corrected chi connectivity index (χ0v) is 23.7. The molecule has 0 saturated heterocycles. The zero-order valence-electron chi connectivity index (χ0n) is 22.9. The van der Waals surface area contributed by atoms with Crippen molar-refractivity contribution in [3.05, 3.63) is 95.3 Å². The fourth-order valence-electron chi connectivity index (χ4n) is 4.98. The van der Waals surface area contributed by atoms with Crippen molar-refractivity contribution < 1.29 is 27.9 Å². The minimum atomic E-state index is -3.64. The highest BCUT2D eigenvalue weighted by molar-refractivity contribution is 7.91. The average Bonchev–Trinajstić information content (AvgIpc) is 3.41. The third kappa shape index (κ3) is 6.02. The SMILES string of the molecule is Cc1cccc(OCCCC(=O)N2CCS(=O)(=O)c3c(-c4cnn(Cc5cccc(C(=O)O)c5)c4)cccc32)c1C. The van der Waals surface area contributed by atoms with E-state index in [4.69, 9.17) is 4.74 Å². The Morgan fingerprint density at radius 2 is 1.83 bits per heavy atom. The second-order valence-electron chi connectivity index (χ2n) is 10.1. The van der Waals surface area contributed by atoms with Crippen LogP contribution in [0.4, 0.5) is 5.69 Å². The Morgan fingerprint density at radius 1 is 1.05 bits per heavy atom. The van der Waals surface area contributed by atoms with E-state index in [0.29, 0.717) is 36.4 Å². The summed E-state index contributed by atoms with van der Waals surface area (Å²) < 4.78 is 34.1. The normalized spacial score (nSPS) is 14.0. The molecule has 0 fully saturated rings. The minimum Gasteiger partial charge on any atom is -0.493 e. The van der Waals surface area contributed by atoms with Gasteiger partial charge in [-0.25, -0.2) is 13.2 Å². The molecule has 212 valence electrons. The molecule has 0 saturated carbocycles. The summed E-state index contributed by atoms with van der Waals surface area (Å²) in [5.41, 5.74) is 4.58. The number of carbonyl (C=O) groups excluding carboxylic acids is 1. The zero-order chi connectivity index (χ0) is 29.1. The quantitative estimate of drug-likeness (QED) is 0.283. The number of benzene rings is 3. The number of sulfone groups is 1. The van der Waals surface area contributed by atoms with Gasteiger partial charge in [0.1, 0.15) is 5.75 Å². The lowest BCUT2D eigenvalue weighted by Crippen LogP contribution is -2.40. The summed E-state index contributed by atoms with van der Waals surface area (Å²) in [4.78, 5) is 26.2. The van der Waals surface area contributed by atoms with E-state index >= 15 is 0 Å². The molecule has 4 aromatic rings. The maximum absolute atomic E-state index is 13.3. The van der Waals surface area contributed by atoms with Gasteiger partial charge in [-0.05, 0) is 61.2 Å². The highest BCUT2D eigenvalue weighted by Crippen LogP contribution is 2.39. The highest BCUT2D eigenvalue weighted by Gasteiger charge is 2.34. The summed E-state index contributed by atoms with van der Waals surface area (Å²) >= 11 is 0. The van der Waals surface area contributed by atoms with Crippen LogP contribution in [0, 0.1) is 13.8 Å². The maximum atomic E-state index is 13.3. The predicted octanol–water partition coefficient (Wildman–Crippen LogP) is 4.89. The van der Waals surface area contributed by atoms with Gasteiger partial charge in [0.25, 0.3) is 0 Å². The number of aromatic nitrogens is 2. The number of hydrogen-bond donors (Lipinski definition) is 1. The number of fused-ring (bicyclic) bond motifs is 1. The van der Waals surface area contributed by atoms with Gasteiger partial charge >= 0.3 is 5.97 Å². The molecule has 9 nitrogen and oxygen atoms in total. The first-order valence-corrected chi connectivity index (χ1v) is 15.0. The third-order valence-corrected chi connectivity index (χ3v) is 9.06. The molecule has 0 unspecified atom stereocenters. The molecule has 10 heteroatoms. The number of carboxylic acids is 1. The van der Waals surface area contributed by atoms with Gasteiger partial charge in [-0.1, -0.05) is 36.4 Å². The molecule has 3 aromatic carbocycles. The lowest BCUT2D eigenvalue weighted by Gasteiger charge is -2.30. The number of hydrogen-bond acceptors (Lipinski definition) is 6. The van der Waals surface area contributed by atoms with E-state index in [0.717, 1.165) is 22.4 Å². The number of aromatic carboxylic acids is 1. The number of aryl methyl sites for hydroxylation is 1. The Morgan fingerprint density at radius 3 is 2.63 bits per heavy atom. The lowest BCUT2D eigenvalue weighted by molar-refractivity contribution is -0.118. The van der Waals surface area contributed by atoms with E-state index in [1.54, 1.807) is 58.4 Å². The van der Waals surface area contributed by atoms with Crippen molar-refractivity contribution in [1.82, 2.24) is 9.78 Å². The summed E-state index contributed by atoms with van der Waals surface area (Å²) in [7, 11) is -3.64. The van der Waals surface area contributed by atoms with Gasteiger partial charge in [0.05, 0.1) is 41.2 Å². The van der Waals surface area contributed by atoms with Gasteiger partial charge < -0.3 is 14.7 Å². The van der Waals surface area contributed by atoms with Crippen LogP contribution in [-0.4, -0.2) is 54.1 Å². The molecule has 0 aliphatic carbocycles. The van der Waals surface area contributed by atoms with Crippen LogP contribution >= 0.6 is 0 Å². The second kappa shape index (κ2) is 11.6. The molecular weight excluding hydrogens is 542 g/mol. The van der Waals surface area contributed by atoms with E-state index in [2.05, 4.69) is 5.10 Å². The fraction of sp³-hybridized carbons (Fsp3) is 0.258. The molecule has 41 heavy (non-hydrogen) atoms. The Labute approximate surface area is 238 Å². The number of rotatable bonds is 9. The number of anilines is 1. The fourth-order valence-corrected chi connectivity index (χ4v) is 6.63. The van der Waals surface area contributed by atoms with Gasteiger partial charge in [0.15, 0.2) is 9.84 Å². The van der Waals surface area contributed by atoms with E-state index < -0.39 is 15.8 Å². The second-order valence-corrected chi connectivity index (χ2v) is 12.1. The van der Waals surface area contributed by atoms with E-state index in [1.165, 1.54) is 6.07 Å². The van der Waals surface area contributed by atoms with Crippen LogP contribution in [-0.2, 0) is 21.2 Å². The van der Waals surface area contributed by atoms with Gasteiger partial charge in [0, 0.05) is 30.3 Å². The molecule has 0 radical (unpaired) electrons. The summed E-state index contributed by atoms with van der Waals surface area (Å²) in [6.07, 6.45) is 4.03. The summed E-state index contributed by atoms with van der Waals surface area (Å²) in [5.74, 6) is -0.539. The number of nitrogens with zero attached hydrogens (tertiary/aromatic N) is 3. The van der Waals surface area contributed by atoms with E-state index in [-0.39, 0.29) is 35.1 Å². The van der Waals surface area contributed by atoms with Crippen molar-refractivity contribution in [1.29, 1.82) is 0 Å². The molecule has 0 atom stereocenters. The van der Waals surface area contributed by atoms with Gasteiger partial charge in [-0.2, -0.15) is 5.10 Å². The molecule has 1 aromatic heterocycles. The molecule has 0 bridgehead atoms. The van der Waals surface area contributed by atoms with Crippen LogP contribution in [0.1, 0.15) is 39.9 Å². The topological polar surface area (TPSA) is 119 Å². The molecule has 1 amide bonds. The van der Waals surface area contributed by atoms with Gasteiger partial charge in [-0.3, -0.25) is 9.48 Å². The van der Waals surface area contributed by atoms with E-state index in [1.807, 2.05) is 32.0 Å². The molecule has 1 aliphatic heterocycles. The van der Waals surface area contributed by atoms with Crippen molar-refractivity contribution in [2.75, 3.05) is 23.8 Å². The van der Waals surface area contributed by atoms with E-state index in [9.17, 15) is 23.1 Å². The van der Waals surface area contributed by atoms with Crippen LogP contribution in [0.2, 0.25) is 0 Å². The third-order valence-electron chi connectivity index (χ3n) is 7.29. The van der Waals surface area contributed by atoms with Crippen molar-refractivity contribution in [2.45, 2.75) is 38.1 Å². The van der Waals surface area contributed by atoms with Crippen molar-refractivity contribution in [3.8, 4) is 16.9 Å². The highest BCUT2D eigenvalue weighted by atomic mass is 32.2. The molecule has 1 N–H and O–H groups in total. The summed E-state index contributed by atoms with van der Waals surface area (Å²) in [6.45, 7) is 4.81. The van der Waals surface area contributed by atoms with Gasteiger partial charge in [0.2, 0.25) is 5.91 Å². The monoisotopic (exact) mass is 573 g/mol. The molecule has 2 heterocycles. The Hall–Kier alpha value is -4.44. The first kappa shape index (κ1) is 28.1.